The van der Waals surface area contributed by atoms with Crippen molar-refractivity contribution in [3.63, 3.8) is 0 Å². The zero-order valence-electron chi connectivity index (χ0n) is 24.5. The monoisotopic (exact) mass is 540 g/mol. The van der Waals surface area contributed by atoms with Crippen molar-refractivity contribution in [2.45, 2.75) is 59.0 Å². The summed E-state index contributed by atoms with van der Waals surface area (Å²) in [6.07, 6.45) is 1.95. The minimum Gasteiger partial charge on any atom is -0.467 e. The molecule has 5 rings (SSSR count). The quantitative estimate of drug-likeness (QED) is 0.247. The molecule has 0 spiro atoms. The first-order valence-corrected chi connectivity index (χ1v) is 13.9. The number of rotatable bonds is 9. The van der Waals surface area contributed by atoms with Crippen molar-refractivity contribution < 1.29 is 14.0 Å². The van der Waals surface area contributed by atoms with Gasteiger partial charge in [-0.2, -0.15) is 0 Å². The van der Waals surface area contributed by atoms with Crippen LogP contribution in [0.1, 0.15) is 57.1 Å². The molecule has 0 bridgehead atoms. The van der Waals surface area contributed by atoms with Crippen LogP contribution in [0.25, 0.3) is 10.9 Å². The molecule has 2 N–H and O–H groups in total. The van der Waals surface area contributed by atoms with E-state index in [2.05, 4.69) is 49.3 Å². The van der Waals surface area contributed by atoms with E-state index in [0.29, 0.717) is 17.9 Å². The molecule has 210 valence electrons. The second kappa shape index (κ2) is 10.2. The van der Waals surface area contributed by atoms with E-state index in [1.54, 1.807) is 31.1 Å². The van der Waals surface area contributed by atoms with Crippen molar-refractivity contribution in [1.82, 2.24) is 9.88 Å². The number of furan rings is 1. The number of anilines is 2. The molecule has 0 aliphatic heterocycles. The smallest absolute Gasteiger partial charge is 0.249 e. The maximum Gasteiger partial charge on any atom is 0.249 e. The highest BCUT2D eigenvalue weighted by Gasteiger charge is 2.60. The lowest BCUT2D eigenvalue weighted by Crippen LogP contribution is -2.54. The fourth-order valence-corrected chi connectivity index (χ4v) is 6.10. The predicted octanol–water partition coefficient (Wildman–Crippen LogP) is 6.71. The molecule has 1 aliphatic carbocycles. The molecule has 2 atom stereocenters. The number of fused-ring (bicyclic) bond motifs is 1. The third kappa shape index (κ3) is 5.01. The molecule has 1 aliphatic rings. The van der Waals surface area contributed by atoms with Gasteiger partial charge in [-0.3, -0.25) is 9.59 Å². The summed E-state index contributed by atoms with van der Waals surface area (Å²) in [7, 11) is 3.95. The highest BCUT2D eigenvalue weighted by Crippen LogP contribution is 2.67. The van der Waals surface area contributed by atoms with Gasteiger partial charge in [0, 0.05) is 48.5 Å². The molecule has 2 aromatic heterocycles. The highest BCUT2D eigenvalue weighted by atomic mass is 16.3. The molecule has 2 amide bonds. The van der Waals surface area contributed by atoms with Crippen molar-refractivity contribution in [2.75, 3.05) is 24.3 Å². The summed E-state index contributed by atoms with van der Waals surface area (Å²) in [5.74, 6) is 0.755. The number of aromatic nitrogens is 1. The molecule has 1 saturated carbocycles. The van der Waals surface area contributed by atoms with E-state index in [-0.39, 0.29) is 35.6 Å². The number of carbonyl (C=O) groups excluding carboxylic acids is 2. The summed E-state index contributed by atoms with van der Waals surface area (Å²) in [5.41, 5.74) is 4.15. The van der Waals surface area contributed by atoms with Crippen LogP contribution in [0.2, 0.25) is 0 Å². The number of para-hydroxylation sites is 1. The summed E-state index contributed by atoms with van der Waals surface area (Å²) >= 11 is 0. The Morgan fingerprint density at radius 2 is 1.73 bits per heavy atom. The first kappa shape index (κ1) is 27.6. The lowest BCUT2D eigenvalue weighted by Gasteiger charge is -2.37. The zero-order chi connectivity index (χ0) is 28.8. The first-order valence-electron chi connectivity index (χ1n) is 13.9. The molecule has 1 fully saturated rings. The molecule has 40 heavy (non-hydrogen) atoms. The van der Waals surface area contributed by atoms with Crippen LogP contribution in [0.15, 0.2) is 71.3 Å². The number of benzene rings is 2. The number of hydrogen-bond acceptors (Lipinski definition) is 4. The summed E-state index contributed by atoms with van der Waals surface area (Å²) in [6, 6.07) is 19.7. The van der Waals surface area contributed by atoms with E-state index in [1.165, 1.54) is 10.9 Å². The third-order valence-corrected chi connectivity index (χ3v) is 8.77. The van der Waals surface area contributed by atoms with Gasteiger partial charge < -0.3 is 24.5 Å². The molecule has 2 heterocycles. The molecule has 2 aromatic carbocycles. The molecule has 7 heteroatoms. The van der Waals surface area contributed by atoms with Gasteiger partial charge in [-0.1, -0.05) is 32.0 Å². The molecule has 7 nitrogen and oxygen atoms in total. The second-order valence-corrected chi connectivity index (χ2v) is 12.3. The van der Waals surface area contributed by atoms with Crippen LogP contribution in [0.4, 0.5) is 11.4 Å². The van der Waals surface area contributed by atoms with Crippen LogP contribution in [-0.4, -0.2) is 41.3 Å². The van der Waals surface area contributed by atoms with Gasteiger partial charge in [-0.15, -0.1) is 0 Å². The average molecular weight is 541 g/mol. The van der Waals surface area contributed by atoms with Gasteiger partial charge in [-0.25, -0.2) is 0 Å². The zero-order valence-corrected chi connectivity index (χ0v) is 24.5. The number of aryl methyl sites for hydroxylation is 1. The van der Waals surface area contributed by atoms with Gasteiger partial charge in [0.2, 0.25) is 11.8 Å². The fraction of sp³-hybridized carbons (Fsp3) is 0.394. The normalized spacial score (nSPS) is 18.0. The average Bonchev–Trinajstić information content (AvgIpc) is 3.28. The van der Waals surface area contributed by atoms with Crippen LogP contribution >= 0.6 is 0 Å². The van der Waals surface area contributed by atoms with Crippen molar-refractivity contribution >= 4 is 34.1 Å². The Hall–Kier alpha value is -4.00. The van der Waals surface area contributed by atoms with Crippen LogP contribution in [-0.2, 0) is 16.1 Å². The molecule has 0 radical (unpaired) electrons. The minimum absolute atomic E-state index is 0.0394. The maximum atomic E-state index is 14.1. The third-order valence-electron chi connectivity index (χ3n) is 8.77. The SMILES string of the molecule is Cc1[nH]c2ccccc2c1[C@@H]1[C@@H](CC(=O)N(Cc2ccco2)C(C)(C)C(=O)Nc2ccc(N(C)C)cc2)C1(C)C. The van der Waals surface area contributed by atoms with Gasteiger partial charge in [0.25, 0.3) is 0 Å². The van der Waals surface area contributed by atoms with Gasteiger partial charge in [0.15, 0.2) is 0 Å². The number of carbonyl (C=O) groups is 2. The number of nitrogens with one attached hydrogen (secondary N) is 2. The van der Waals surface area contributed by atoms with Gasteiger partial charge in [-0.05, 0) is 86.1 Å². The number of H-pyrrole nitrogens is 1. The van der Waals surface area contributed by atoms with Gasteiger partial charge >= 0.3 is 0 Å². The Bertz CT molecular complexity index is 1510. The van der Waals surface area contributed by atoms with Crippen LogP contribution < -0.4 is 10.2 Å². The number of hydrogen-bond donors (Lipinski definition) is 2. The van der Waals surface area contributed by atoms with E-state index in [4.69, 9.17) is 4.42 Å². The predicted molar refractivity (Wildman–Crippen MR) is 160 cm³/mol. The van der Waals surface area contributed by atoms with Crippen LogP contribution in [0.3, 0.4) is 0 Å². The topological polar surface area (TPSA) is 81.6 Å². The van der Waals surface area contributed by atoms with Crippen molar-refractivity contribution in [3.05, 3.63) is 83.9 Å². The van der Waals surface area contributed by atoms with E-state index in [1.807, 2.05) is 55.4 Å². The Kier molecular flexibility index (Phi) is 7.02. The van der Waals surface area contributed by atoms with Crippen molar-refractivity contribution in [2.24, 2.45) is 11.3 Å². The van der Waals surface area contributed by atoms with Gasteiger partial charge in [0.05, 0.1) is 12.8 Å². The summed E-state index contributed by atoms with van der Waals surface area (Å²) in [4.78, 5) is 34.9. The summed E-state index contributed by atoms with van der Waals surface area (Å²) in [5, 5.41) is 4.24. The molecular weight excluding hydrogens is 500 g/mol. The number of amides is 2. The van der Waals surface area contributed by atoms with Crippen molar-refractivity contribution in [1.29, 1.82) is 0 Å². The Morgan fingerprint density at radius 3 is 2.38 bits per heavy atom. The van der Waals surface area contributed by atoms with E-state index in [9.17, 15) is 9.59 Å². The first-order chi connectivity index (χ1) is 18.9. The van der Waals surface area contributed by atoms with Crippen LogP contribution in [0.5, 0.6) is 0 Å². The Labute approximate surface area is 236 Å². The number of nitrogens with zero attached hydrogens (tertiary/aromatic N) is 2. The van der Waals surface area contributed by atoms with E-state index >= 15 is 0 Å². The van der Waals surface area contributed by atoms with E-state index in [0.717, 1.165) is 16.9 Å². The van der Waals surface area contributed by atoms with Gasteiger partial charge in [0.1, 0.15) is 11.3 Å². The lowest BCUT2D eigenvalue weighted by molar-refractivity contribution is -0.145. The summed E-state index contributed by atoms with van der Waals surface area (Å²) < 4.78 is 5.61. The Balaban J connectivity index is 1.38. The molecule has 4 aromatic rings. The second-order valence-electron chi connectivity index (χ2n) is 12.3. The fourth-order valence-electron chi connectivity index (χ4n) is 6.10. The largest absolute Gasteiger partial charge is 0.467 e. The van der Waals surface area contributed by atoms with Crippen LogP contribution in [0, 0.1) is 18.3 Å². The standard InChI is InChI=1S/C33H40N4O3/c1-21-29(25-12-8-9-13-27(25)34-21)30-26(32(30,2)3)19-28(38)37(20-24-11-10-18-40-24)33(4,5)31(39)35-22-14-16-23(17-15-22)36(6)7/h8-18,26,30,34H,19-20H2,1-7H3,(H,35,39)/t26-,30+/m1/s1. The molecule has 0 saturated heterocycles. The molecule has 0 unspecified atom stereocenters. The van der Waals surface area contributed by atoms with Crippen molar-refractivity contribution in [3.8, 4) is 0 Å². The Morgan fingerprint density at radius 1 is 1.02 bits per heavy atom. The lowest BCUT2D eigenvalue weighted by atomic mass is 9.98. The minimum atomic E-state index is -1.12. The highest BCUT2D eigenvalue weighted by molar-refractivity contribution is 6.00. The number of aromatic amines is 1. The maximum absolute atomic E-state index is 14.1. The van der Waals surface area contributed by atoms with E-state index < -0.39 is 5.54 Å². The molecular formula is C33H40N4O3. The summed E-state index contributed by atoms with van der Waals surface area (Å²) in [6.45, 7) is 10.4.